The molecule has 18 heavy (non-hydrogen) atoms. The fraction of sp³-hybridized carbons (Fsp3) is 0.286. The first-order chi connectivity index (χ1) is 8.72. The van der Waals surface area contributed by atoms with Crippen LogP contribution in [-0.2, 0) is 6.54 Å². The smallest absolute Gasteiger partial charge is 0.159 e. The van der Waals surface area contributed by atoms with Crippen LogP contribution in [0.4, 0.5) is 8.78 Å². The lowest BCUT2D eigenvalue weighted by atomic mass is 10.1. The van der Waals surface area contributed by atoms with E-state index in [1.54, 1.807) is 18.4 Å². The van der Waals surface area contributed by atoms with Gasteiger partial charge >= 0.3 is 0 Å². The maximum atomic E-state index is 13.2. The maximum Gasteiger partial charge on any atom is 0.159 e. The highest BCUT2D eigenvalue weighted by molar-refractivity contribution is 5.65. The second kappa shape index (κ2) is 5.78. The molecule has 2 rings (SSSR count). The van der Waals surface area contributed by atoms with Crippen molar-refractivity contribution in [3.8, 4) is 11.1 Å². The highest BCUT2D eigenvalue weighted by Gasteiger charge is 2.10. The predicted octanol–water partition coefficient (Wildman–Crippen LogP) is 3.72. The monoisotopic (exact) mass is 251 g/mol. The third-order valence-electron chi connectivity index (χ3n) is 2.69. The van der Waals surface area contributed by atoms with Crippen molar-refractivity contribution in [1.29, 1.82) is 0 Å². The van der Waals surface area contributed by atoms with Crippen molar-refractivity contribution < 1.29 is 13.2 Å². The molecule has 0 fully saturated rings. The Bertz CT molecular complexity index is 522. The number of hydrogen-bond donors (Lipinski definition) is 1. The van der Waals surface area contributed by atoms with Crippen molar-refractivity contribution >= 4 is 0 Å². The van der Waals surface area contributed by atoms with Gasteiger partial charge in [-0.05, 0) is 36.7 Å². The zero-order valence-electron chi connectivity index (χ0n) is 10.2. The normalized spacial score (nSPS) is 10.8. The van der Waals surface area contributed by atoms with Crippen molar-refractivity contribution in [3.05, 3.63) is 47.9 Å². The molecule has 0 atom stereocenters. The fourth-order valence-electron chi connectivity index (χ4n) is 1.78. The Morgan fingerprint density at radius 1 is 1.17 bits per heavy atom. The van der Waals surface area contributed by atoms with Crippen molar-refractivity contribution in [1.82, 2.24) is 5.32 Å². The highest BCUT2D eigenvalue weighted by Crippen LogP contribution is 2.26. The molecule has 2 aromatic rings. The Hall–Kier alpha value is -1.68. The van der Waals surface area contributed by atoms with E-state index in [4.69, 9.17) is 4.42 Å². The lowest BCUT2D eigenvalue weighted by Crippen LogP contribution is -2.13. The summed E-state index contributed by atoms with van der Waals surface area (Å²) in [5, 5.41) is 3.21. The van der Waals surface area contributed by atoms with Gasteiger partial charge in [0, 0.05) is 5.56 Å². The predicted molar refractivity (Wildman–Crippen MR) is 66.1 cm³/mol. The summed E-state index contributed by atoms with van der Waals surface area (Å²) in [7, 11) is 0. The van der Waals surface area contributed by atoms with Gasteiger partial charge in [-0.3, -0.25) is 0 Å². The van der Waals surface area contributed by atoms with Crippen LogP contribution in [0.5, 0.6) is 0 Å². The minimum atomic E-state index is -0.846. The first kappa shape index (κ1) is 12.8. The lowest BCUT2D eigenvalue weighted by Gasteiger charge is -2.04. The van der Waals surface area contributed by atoms with E-state index in [2.05, 4.69) is 12.2 Å². The minimum Gasteiger partial charge on any atom is -0.467 e. The van der Waals surface area contributed by atoms with E-state index >= 15 is 0 Å². The van der Waals surface area contributed by atoms with Crippen molar-refractivity contribution in [2.75, 3.05) is 6.54 Å². The zero-order valence-corrected chi connectivity index (χ0v) is 10.2. The first-order valence-corrected chi connectivity index (χ1v) is 5.95. The van der Waals surface area contributed by atoms with Gasteiger partial charge in [-0.25, -0.2) is 8.78 Å². The molecule has 1 aromatic carbocycles. The molecule has 96 valence electrons. The fourth-order valence-corrected chi connectivity index (χ4v) is 1.78. The third kappa shape index (κ3) is 2.76. The van der Waals surface area contributed by atoms with Crippen molar-refractivity contribution in [2.24, 2.45) is 0 Å². The lowest BCUT2D eigenvalue weighted by molar-refractivity contribution is 0.484. The van der Waals surface area contributed by atoms with Crippen molar-refractivity contribution in [2.45, 2.75) is 19.9 Å². The van der Waals surface area contributed by atoms with E-state index < -0.39 is 11.6 Å². The highest BCUT2D eigenvalue weighted by atomic mass is 19.2. The molecule has 1 aromatic heterocycles. The molecule has 0 amide bonds. The number of benzene rings is 1. The van der Waals surface area contributed by atoms with Crippen LogP contribution >= 0.6 is 0 Å². The van der Waals surface area contributed by atoms with Crippen LogP contribution in [0.25, 0.3) is 11.1 Å². The second-order valence-electron chi connectivity index (χ2n) is 4.06. The van der Waals surface area contributed by atoms with Gasteiger partial charge in [0.1, 0.15) is 5.76 Å². The summed E-state index contributed by atoms with van der Waals surface area (Å²) >= 11 is 0. The molecule has 4 heteroatoms. The van der Waals surface area contributed by atoms with Gasteiger partial charge in [0.2, 0.25) is 0 Å². The molecule has 0 unspecified atom stereocenters. The van der Waals surface area contributed by atoms with Gasteiger partial charge < -0.3 is 9.73 Å². The number of furan rings is 1. The molecule has 1 N–H and O–H groups in total. The van der Waals surface area contributed by atoms with Gasteiger partial charge in [-0.15, -0.1) is 0 Å². The molecule has 1 heterocycles. The van der Waals surface area contributed by atoms with Gasteiger partial charge in [-0.2, -0.15) is 0 Å². The first-order valence-electron chi connectivity index (χ1n) is 5.95. The molecular weight excluding hydrogens is 236 g/mol. The average molecular weight is 251 g/mol. The Balaban J connectivity index is 2.22. The molecule has 0 saturated carbocycles. The molecule has 0 aliphatic heterocycles. The summed E-state index contributed by atoms with van der Waals surface area (Å²) in [6.45, 7) is 3.54. The van der Waals surface area contributed by atoms with Gasteiger partial charge in [0.05, 0.1) is 12.8 Å². The molecule has 0 radical (unpaired) electrons. The maximum absolute atomic E-state index is 13.2. The topological polar surface area (TPSA) is 25.2 Å². The van der Waals surface area contributed by atoms with Crippen LogP contribution in [0.15, 0.2) is 34.9 Å². The Morgan fingerprint density at radius 2 is 2.00 bits per heavy atom. The summed E-state index contributed by atoms with van der Waals surface area (Å²) in [6, 6.07) is 5.62. The SMILES string of the molecule is CCCNCc1occc1-c1ccc(F)c(F)c1. The third-order valence-corrected chi connectivity index (χ3v) is 2.69. The summed E-state index contributed by atoms with van der Waals surface area (Å²) in [5.74, 6) is -0.955. The molecular formula is C14H15F2NO. The second-order valence-corrected chi connectivity index (χ2v) is 4.06. The van der Waals surface area contributed by atoms with E-state index in [1.165, 1.54) is 6.07 Å². The quantitative estimate of drug-likeness (QED) is 0.819. The Labute approximate surface area is 105 Å². The molecule has 0 spiro atoms. The van der Waals surface area contributed by atoms with Gasteiger partial charge in [0.15, 0.2) is 11.6 Å². The van der Waals surface area contributed by atoms with Gasteiger partial charge in [-0.1, -0.05) is 13.0 Å². The van der Waals surface area contributed by atoms with Crippen LogP contribution in [-0.4, -0.2) is 6.54 Å². The van der Waals surface area contributed by atoms with E-state index in [0.29, 0.717) is 12.1 Å². The van der Waals surface area contributed by atoms with Crippen LogP contribution < -0.4 is 5.32 Å². The number of rotatable bonds is 5. The number of halogens is 2. The molecule has 0 aliphatic rings. The average Bonchev–Trinajstić information content (AvgIpc) is 2.81. The largest absolute Gasteiger partial charge is 0.467 e. The summed E-state index contributed by atoms with van der Waals surface area (Å²) in [5.41, 5.74) is 1.41. The molecule has 2 nitrogen and oxygen atoms in total. The summed E-state index contributed by atoms with van der Waals surface area (Å²) in [4.78, 5) is 0. The van der Waals surface area contributed by atoms with Gasteiger partial charge in [0.25, 0.3) is 0 Å². The zero-order chi connectivity index (χ0) is 13.0. The minimum absolute atomic E-state index is 0.579. The Morgan fingerprint density at radius 3 is 2.72 bits per heavy atom. The number of hydrogen-bond acceptors (Lipinski definition) is 2. The van der Waals surface area contributed by atoms with E-state index in [1.807, 2.05) is 0 Å². The molecule has 0 saturated heterocycles. The summed E-state index contributed by atoms with van der Waals surface area (Å²) < 4.78 is 31.4. The van der Waals surface area contributed by atoms with E-state index in [0.717, 1.165) is 30.4 Å². The standard InChI is InChI=1S/C14H15F2NO/c1-2-6-17-9-14-11(5-7-18-14)10-3-4-12(15)13(16)8-10/h3-5,7-8,17H,2,6,9H2,1H3. The van der Waals surface area contributed by atoms with Crippen LogP contribution in [0, 0.1) is 11.6 Å². The van der Waals surface area contributed by atoms with Crippen LogP contribution in [0.2, 0.25) is 0 Å². The molecule has 0 bridgehead atoms. The van der Waals surface area contributed by atoms with Crippen LogP contribution in [0.3, 0.4) is 0 Å². The Kier molecular flexibility index (Phi) is 4.10. The van der Waals surface area contributed by atoms with Crippen molar-refractivity contribution in [3.63, 3.8) is 0 Å². The van der Waals surface area contributed by atoms with Crippen LogP contribution in [0.1, 0.15) is 19.1 Å². The van der Waals surface area contributed by atoms with E-state index in [-0.39, 0.29) is 0 Å². The summed E-state index contributed by atoms with van der Waals surface area (Å²) in [6.07, 6.45) is 2.58. The van der Waals surface area contributed by atoms with E-state index in [9.17, 15) is 8.78 Å². The molecule has 0 aliphatic carbocycles. The number of nitrogens with one attached hydrogen (secondary N) is 1.